The van der Waals surface area contributed by atoms with Gasteiger partial charge >= 0.3 is 0 Å². The molecule has 0 unspecified atom stereocenters. The lowest BCUT2D eigenvalue weighted by atomic mass is 10.1. The van der Waals surface area contributed by atoms with Gasteiger partial charge in [-0.25, -0.2) is 0 Å². The molecule has 0 amide bonds. The summed E-state index contributed by atoms with van der Waals surface area (Å²) < 4.78 is 0. The van der Waals surface area contributed by atoms with Crippen LogP contribution in [0.5, 0.6) is 0 Å². The van der Waals surface area contributed by atoms with Crippen molar-refractivity contribution >= 4 is 0 Å². The third-order valence-electron chi connectivity index (χ3n) is 2.47. The van der Waals surface area contributed by atoms with Gasteiger partial charge in [-0.1, -0.05) is 7.43 Å². The maximum Gasteiger partial charge on any atom is 0.0537 e. The second-order valence-electron chi connectivity index (χ2n) is 4.40. The summed E-state index contributed by atoms with van der Waals surface area (Å²) in [7, 11) is 0. The van der Waals surface area contributed by atoms with Gasteiger partial charge in [-0.3, -0.25) is 10.00 Å². The van der Waals surface area contributed by atoms with Gasteiger partial charge < -0.3 is 0 Å². The van der Waals surface area contributed by atoms with E-state index < -0.39 is 0 Å². The predicted octanol–water partition coefficient (Wildman–Crippen LogP) is 2.16. The van der Waals surface area contributed by atoms with E-state index in [-0.39, 0.29) is 13.0 Å². The van der Waals surface area contributed by atoms with E-state index in [1.165, 1.54) is 11.3 Å². The number of nitrogens with zero attached hydrogens (tertiary/aromatic N) is 2. The van der Waals surface area contributed by atoms with Crippen molar-refractivity contribution in [1.29, 1.82) is 0 Å². The van der Waals surface area contributed by atoms with Crippen LogP contribution in [0.1, 0.15) is 39.5 Å². The lowest BCUT2D eigenvalue weighted by Crippen LogP contribution is -2.37. The Labute approximate surface area is 80.1 Å². The number of hydrogen-bond acceptors (Lipinski definition) is 2. The molecule has 74 valence electrons. The molecule has 0 aromatic carbocycles. The van der Waals surface area contributed by atoms with Crippen LogP contribution in [0.25, 0.3) is 0 Å². The largest absolute Gasteiger partial charge is 0.288 e. The molecule has 3 heteroatoms. The molecule has 2 rings (SSSR count). The molecule has 13 heavy (non-hydrogen) atoms. The molecule has 1 aromatic rings. The van der Waals surface area contributed by atoms with Crippen LogP contribution in [0.3, 0.4) is 0 Å². The highest BCUT2D eigenvalue weighted by atomic mass is 15.2. The fourth-order valence-electron chi connectivity index (χ4n) is 1.54. The summed E-state index contributed by atoms with van der Waals surface area (Å²) in [6.45, 7) is 8.78. The summed E-state index contributed by atoms with van der Waals surface area (Å²) in [5.41, 5.74) is 2.90. The lowest BCUT2D eigenvalue weighted by molar-refractivity contribution is 0.134. The van der Waals surface area contributed by atoms with Gasteiger partial charge in [-0.15, -0.1) is 0 Å². The van der Waals surface area contributed by atoms with Crippen LogP contribution in [-0.2, 0) is 13.1 Å². The zero-order valence-corrected chi connectivity index (χ0v) is 7.89. The van der Waals surface area contributed by atoms with E-state index in [0.717, 1.165) is 13.1 Å². The molecular formula is C10H19N3. The summed E-state index contributed by atoms with van der Waals surface area (Å²) in [5.74, 6) is 0. The van der Waals surface area contributed by atoms with E-state index in [2.05, 4.69) is 35.9 Å². The number of H-pyrrole nitrogens is 1. The average Bonchev–Trinajstić information content (AvgIpc) is 2.37. The molecule has 1 aliphatic heterocycles. The van der Waals surface area contributed by atoms with Crippen molar-refractivity contribution in [2.45, 2.75) is 46.8 Å². The van der Waals surface area contributed by atoms with Crippen molar-refractivity contribution in [3.63, 3.8) is 0 Å². The lowest BCUT2D eigenvalue weighted by Gasteiger charge is -2.31. The maximum absolute atomic E-state index is 4.01. The quantitative estimate of drug-likeness (QED) is 0.665. The summed E-state index contributed by atoms with van der Waals surface area (Å²) in [4.78, 5) is 2.44. The fraction of sp³-hybridized carbons (Fsp3) is 0.700. The minimum atomic E-state index is 0. The first kappa shape index (κ1) is 10.3. The van der Waals surface area contributed by atoms with Crippen LogP contribution in [0, 0.1) is 0 Å². The highest BCUT2D eigenvalue weighted by molar-refractivity contribution is 5.21. The average molecular weight is 181 g/mol. The summed E-state index contributed by atoms with van der Waals surface area (Å²) in [6.07, 6.45) is 1.93. The molecule has 2 heterocycles. The van der Waals surface area contributed by atoms with Gasteiger partial charge in [0.2, 0.25) is 0 Å². The van der Waals surface area contributed by atoms with Crippen LogP contribution in [-0.4, -0.2) is 20.6 Å². The zero-order chi connectivity index (χ0) is 8.77. The molecule has 0 saturated heterocycles. The summed E-state index contributed by atoms with van der Waals surface area (Å²) in [6, 6.07) is 0. The minimum Gasteiger partial charge on any atom is -0.288 e. The smallest absolute Gasteiger partial charge is 0.0537 e. The van der Waals surface area contributed by atoms with Crippen molar-refractivity contribution in [3.8, 4) is 0 Å². The highest BCUT2D eigenvalue weighted by Crippen LogP contribution is 2.26. The fourth-order valence-corrected chi connectivity index (χ4v) is 1.54. The molecule has 0 radical (unpaired) electrons. The maximum atomic E-state index is 4.01. The van der Waals surface area contributed by atoms with Gasteiger partial charge in [-0.2, -0.15) is 5.10 Å². The Morgan fingerprint density at radius 1 is 1.38 bits per heavy atom. The van der Waals surface area contributed by atoms with E-state index in [9.17, 15) is 0 Å². The first-order valence-electron chi connectivity index (χ1n) is 4.33. The SMILES string of the molecule is C.CC(C)(C)N1Cc2cn[nH]c2C1. The number of aromatic amines is 1. The van der Waals surface area contributed by atoms with E-state index in [1.807, 2.05) is 6.20 Å². The van der Waals surface area contributed by atoms with Gasteiger partial charge in [0.05, 0.1) is 11.9 Å². The molecular weight excluding hydrogens is 162 g/mol. The van der Waals surface area contributed by atoms with Gasteiger partial charge in [0.15, 0.2) is 0 Å². The first-order chi connectivity index (χ1) is 5.57. The zero-order valence-electron chi connectivity index (χ0n) is 7.89. The monoisotopic (exact) mass is 181 g/mol. The van der Waals surface area contributed by atoms with Crippen molar-refractivity contribution in [3.05, 3.63) is 17.5 Å². The van der Waals surface area contributed by atoms with Crippen molar-refractivity contribution in [2.75, 3.05) is 0 Å². The van der Waals surface area contributed by atoms with E-state index in [4.69, 9.17) is 0 Å². The van der Waals surface area contributed by atoms with Crippen molar-refractivity contribution in [1.82, 2.24) is 15.1 Å². The number of hydrogen-bond donors (Lipinski definition) is 1. The highest BCUT2D eigenvalue weighted by Gasteiger charge is 2.28. The summed E-state index contributed by atoms with van der Waals surface area (Å²) in [5, 5.41) is 7.04. The molecule has 1 aliphatic rings. The second-order valence-corrected chi connectivity index (χ2v) is 4.40. The number of aromatic nitrogens is 2. The van der Waals surface area contributed by atoms with Crippen LogP contribution in [0.2, 0.25) is 0 Å². The Kier molecular flexibility index (Phi) is 2.48. The normalized spacial score (nSPS) is 16.8. The van der Waals surface area contributed by atoms with E-state index >= 15 is 0 Å². The molecule has 1 aromatic heterocycles. The molecule has 0 aliphatic carbocycles. The van der Waals surface area contributed by atoms with Crippen LogP contribution < -0.4 is 0 Å². The van der Waals surface area contributed by atoms with Gasteiger partial charge in [-0.05, 0) is 20.8 Å². The third kappa shape index (κ3) is 1.75. The molecule has 0 saturated carbocycles. The van der Waals surface area contributed by atoms with Crippen LogP contribution >= 0.6 is 0 Å². The van der Waals surface area contributed by atoms with Crippen LogP contribution in [0.4, 0.5) is 0 Å². The Morgan fingerprint density at radius 2 is 2.08 bits per heavy atom. The molecule has 0 fully saturated rings. The topological polar surface area (TPSA) is 31.9 Å². The second kappa shape index (κ2) is 3.14. The summed E-state index contributed by atoms with van der Waals surface area (Å²) >= 11 is 0. The molecule has 0 atom stereocenters. The number of nitrogens with one attached hydrogen (secondary N) is 1. The number of rotatable bonds is 0. The molecule has 0 bridgehead atoms. The molecule has 3 nitrogen and oxygen atoms in total. The van der Waals surface area contributed by atoms with E-state index in [1.54, 1.807) is 0 Å². The van der Waals surface area contributed by atoms with Gasteiger partial charge in [0.25, 0.3) is 0 Å². The van der Waals surface area contributed by atoms with E-state index in [0.29, 0.717) is 0 Å². The molecule has 1 N–H and O–H groups in total. The molecule has 0 spiro atoms. The van der Waals surface area contributed by atoms with Gasteiger partial charge in [0, 0.05) is 24.2 Å². The Morgan fingerprint density at radius 3 is 2.62 bits per heavy atom. The Bertz CT molecular complexity index is 262. The Balaban J connectivity index is 0.000000845. The predicted molar refractivity (Wildman–Crippen MR) is 54.3 cm³/mol. The van der Waals surface area contributed by atoms with Crippen molar-refractivity contribution in [2.24, 2.45) is 0 Å². The standard InChI is InChI=1S/C9H15N3.CH4/c1-9(2,3)12-5-7-4-10-11-8(7)6-12;/h4H,5-6H2,1-3H3,(H,10,11);1H4. The first-order valence-corrected chi connectivity index (χ1v) is 4.33. The van der Waals surface area contributed by atoms with Crippen molar-refractivity contribution < 1.29 is 0 Å². The van der Waals surface area contributed by atoms with Crippen LogP contribution in [0.15, 0.2) is 6.20 Å². The number of fused-ring (bicyclic) bond motifs is 1. The van der Waals surface area contributed by atoms with Gasteiger partial charge in [0.1, 0.15) is 0 Å². The third-order valence-corrected chi connectivity index (χ3v) is 2.47. The Hall–Kier alpha value is -0.830. The minimum absolute atomic E-state index is 0.